The van der Waals surface area contributed by atoms with Gasteiger partial charge in [0.15, 0.2) is 11.5 Å². The third kappa shape index (κ3) is 17.3. The molecule has 0 spiro atoms. The Morgan fingerprint density at radius 3 is 2.17 bits per heavy atom. The molecule has 5 aromatic rings. The Balaban J connectivity index is 0.000000211. The van der Waals surface area contributed by atoms with E-state index < -0.39 is 0 Å². The van der Waals surface area contributed by atoms with Gasteiger partial charge in [-0.15, -0.1) is 5.73 Å². The Morgan fingerprint density at radius 1 is 0.765 bits per heavy atom. The van der Waals surface area contributed by atoms with Crippen LogP contribution in [0.4, 0.5) is 0 Å². The molecule has 81 heavy (non-hydrogen) atoms. The molecule has 0 radical (unpaired) electrons. The fourth-order valence-electron chi connectivity index (χ4n) is 12.2. The first-order valence-electron chi connectivity index (χ1n) is 29.6. The van der Waals surface area contributed by atoms with Crippen molar-refractivity contribution in [3.63, 3.8) is 0 Å². The van der Waals surface area contributed by atoms with Crippen molar-refractivity contribution in [3.8, 4) is 11.5 Å². The van der Waals surface area contributed by atoms with Crippen LogP contribution in [0.25, 0.3) is 11.8 Å². The Labute approximate surface area is 484 Å². The van der Waals surface area contributed by atoms with Gasteiger partial charge in [0.25, 0.3) is 0 Å². The lowest BCUT2D eigenvalue weighted by Gasteiger charge is -2.37. The van der Waals surface area contributed by atoms with Gasteiger partial charge in [0.05, 0.1) is 11.0 Å². The molecule has 0 N–H and O–H groups in total. The van der Waals surface area contributed by atoms with Crippen molar-refractivity contribution in [2.75, 3.05) is 40.3 Å². The highest BCUT2D eigenvalue weighted by atomic mass is 16.5. The van der Waals surface area contributed by atoms with Gasteiger partial charge in [0.1, 0.15) is 17.3 Å². The second-order valence-corrected chi connectivity index (χ2v) is 23.2. The molecule has 10 rings (SSSR count). The monoisotopic (exact) mass is 1080 g/mol. The number of ketones is 1. The van der Waals surface area contributed by atoms with Gasteiger partial charge in [-0.1, -0.05) is 149 Å². The van der Waals surface area contributed by atoms with Crippen molar-refractivity contribution in [2.24, 2.45) is 23.2 Å². The van der Waals surface area contributed by atoms with E-state index in [1.165, 1.54) is 52.1 Å². The highest BCUT2D eigenvalue weighted by Gasteiger charge is 2.39. The Hall–Kier alpha value is -7.38. The number of hydrogen-bond acceptors (Lipinski definition) is 6. The van der Waals surface area contributed by atoms with Crippen LogP contribution in [0.2, 0.25) is 0 Å². The van der Waals surface area contributed by atoms with Crippen LogP contribution in [0.1, 0.15) is 114 Å². The van der Waals surface area contributed by atoms with Gasteiger partial charge in [-0.2, -0.15) is 0 Å². The van der Waals surface area contributed by atoms with Gasteiger partial charge in [-0.05, 0) is 172 Å². The number of carbonyl (C=O) groups excluding carboxylic acids is 2. The minimum atomic E-state index is -0.0607. The number of amides is 1. The van der Waals surface area contributed by atoms with Crippen molar-refractivity contribution in [2.45, 2.75) is 117 Å². The maximum atomic E-state index is 12.9. The third-order valence-electron chi connectivity index (χ3n) is 16.5. The van der Waals surface area contributed by atoms with E-state index in [4.69, 9.17) is 9.47 Å². The molecule has 4 aromatic carbocycles. The lowest BCUT2D eigenvalue weighted by atomic mass is 9.81. The van der Waals surface area contributed by atoms with Crippen LogP contribution < -0.4 is 20.0 Å². The second-order valence-electron chi connectivity index (χ2n) is 23.2. The summed E-state index contributed by atoms with van der Waals surface area (Å²) < 4.78 is 15.6. The fraction of sp³-hybridized carbons (Fsp3) is 0.384. The van der Waals surface area contributed by atoms with Gasteiger partial charge < -0.3 is 28.7 Å². The summed E-state index contributed by atoms with van der Waals surface area (Å²) in [5.41, 5.74) is 9.79. The zero-order chi connectivity index (χ0) is 55.5. The van der Waals surface area contributed by atoms with E-state index in [0.29, 0.717) is 24.2 Å². The number of rotatable bonds is 19. The minimum Gasteiger partial charge on any atom is -0.460 e. The number of aryl methyl sites for hydroxylation is 2. The average molecular weight is 1090 g/mol. The summed E-state index contributed by atoms with van der Waals surface area (Å²) in [6.07, 6.45) is 38.2. The van der Waals surface area contributed by atoms with Crippen molar-refractivity contribution in [1.82, 2.24) is 19.3 Å². The first-order valence-corrected chi connectivity index (χ1v) is 29.6. The maximum Gasteiger partial charge on any atom is 0.246 e. The Bertz CT molecular complexity index is 3170. The van der Waals surface area contributed by atoms with E-state index in [1.807, 2.05) is 37.2 Å². The Kier molecular flexibility index (Phi) is 22.0. The van der Waals surface area contributed by atoms with E-state index >= 15 is 0 Å². The van der Waals surface area contributed by atoms with Crippen molar-refractivity contribution in [1.29, 1.82) is 0 Å². The summed E-state index contributed by atoms with van der Waals surface area (Å²) >= 11 is 0. The molecule has 2 fully saturated rings. The van der Waals surface area contributed by atoms with E-state index in [-0.39, 0.29) is 24.5 Å². The molecular weight excluding hydrogens is 997 g/mol. The van der Waals surface area contributed by atoms with Gasteiger partial charge in [0, 0.05) is 75.5 Å². The lowest BCUT2D eigenvalue weighted by Crippen LogP contribution is -2.42. The smallest absolute Gasteiger partial charge is 0.246 e. The van der Waals surface area contributed by atoms with Gasteiger partial charge in [0.2, 0.25) is 5.91 Å². The predicted molar refractivity (Wildman–Crippen MR) is 334 cm³/mol. The average Bonchev–Trinajstić information content (AvgIpc) is 3.95. The van der Waals surface area contributed by atoms with Crippen LogP contribution in [0, 0.1) is 23.2 Å². The van der Waals surface area contributed by atoms with Gasteiger partial charge in [-0.3, -0.25) is 9.59 Å². The van der Waals surface area contributed by atoms with Crippen LogP contribution in [0.15, 0.2) is 200 Å². The number of carbonyl (C=O) groups is 2. The maximum absolute atomic E-state index is 12.9. The molecule has 0 bridgehead atoms. The summed E-state index contributed by atoms with van der Waals surface area (Å²) in [5.74, 6) is 5.42. The van der Waals surface area contributed by atoms with Crippen LogP contribution in [0.3, 0.4) is 0 Å². The van der Waals surface area contributed by atoms with Crippen molar-refractivity contribution in [3.05, 3.63) is 233 Å². The van der Waals surface area contributed by atoms with Crippen LogP contribution in [-0.2, 0) is 35.4 Å². The number of nitrogens with zero attached hydrogens (tertiary/aromatic N) is 4. The number of hydrogen-bond donors (Lipinski definition) is 0. The van der Waals surface area contributed by atoms with Crippen LogP contribution in [-0.4, -0.2) is 71.2 Å². The summed E-state index contributed by atoms with van der Waals surface area (Å²) in [6, 6.07) is 40.5. The van der Waals surface area contributed by atoms with Gasteiger partial charge >= 0.3 is 0 Å². The second kappa shape index (κ2) is 29.9. The molecule has 4 unspecified atom stereocenters. The molecule has 424 valence electrons. The number of likely N-dealkylation sites (N-methyl/N-ethyl adjacent to an activating group) is 1. The van der Waals surface area contributed by atoms with Crippen molar-refractivity contribution >= 4 is 23.5 Å². The first-order chi connectivity index (χ1) is 39.1. The minimum absolute atomic E-state index is 0. The standard InChI is InChI=1S/C37H47N3O2.C35H37NO2.CH4/c1-37-23-9-5-8-15-34(42-33-21-19-31(20-22-33)18-17-30-12-6-4-7-13-30)36(37)40(27-24-37)29-32-14-10-26-39(28-32)35(41)16-11-25-38(2)3;1-2-32(37)25-28-12-9-13-30(17-16-28)26-36-23-22-31-14-7-4-8-15-34(35(31)36)38-33-20-18-29(19-21-33)24-27-10-5-3-6-11-27;/h4-8,11-13,16,19-22,24,27,32H,9-10,14-15,17-18,23,25-26,28-29H2,1-3H3;2-6,10-11,14-15,18-23,28,30H,1,7,9,12-13,16-17,24-26H2;1H4/b8-5-,16-11+,36-34-;31-14+,35-34-;. The molecular formula is C73H88N4O4. The molecule has 3 heterocycles. The van der Waals surface area contributed by atoms with Crippen LogP contribution in [0.5, 0.6) is 11.5 Å². The number of aromatic nitrogens is 1. The van der Waals surface area contributed by atoms with Crippen LogP contribution >= 0.6 is 0 Å². The SMILES string of the molecule is C.C=CC(=O)CC1CCCC(Cn2ccc3/c2=C(/Oc2ccc(Cc4ccccc4)cc2)C=C=CC/C=3)CC1.CN(C)C/C=C/C(=O)N1CCCC(CN2C=CC3(C)CC/C=C\C/C(Oc4ccc(CCc5ccccc5)cc4)=C/23)C1. The van der Waals surface area contributed by atoms with E-state index in [0.717, 1.165) is 138 Å². The zero-order valence-corrected chi connectivity index (χ0v) is 47.8. The highest BCUT2D eigenvalue weighted by Crippen LogP contribution is 2.46. The number of fused-ring (bicyclic) bond motifs is 2. The van der Waals surface area contributed by atoms with E-state index in [2.05, 4.69) is 186 Å². The topological polar surface area (TPSA) is 67.2 Å². The number of benzene rings is 4. The molecule has 8 heteroatoms. The number of piperidine rings is 1. The molecule has 1 saturated carbocycles. The molecule has 2 aliphatic heterocycles. The normalized spacial score (nSPS) is 23.0. The first kappa shape index (κ1) is 59.7. The largest absolute Gasteiger partial charge is 0.460 e. The van der Waals surface area contributed by atoms with Gasteiger partial charge in [-0.25, -0.2) is 0 Å². The number of likely N-dealkylation sites (tertiary alicyclic amines) is 1. The summed E-state index contributed by atoms with van der Waals surface area (Å²) in [4.78, 5) is 31.3. The Morgan fingerprint density at radius 2 is 1.43 bits per heavy atom. The highest BCUT2D eigenvalue weighted by molar-refractivity contribution is 5.89. The molecule has 3 aliphatic carbocycles. The number of ether oxygens (including phenoxy) is 2. The fourth-order valence-corrected chi connectivity index (χ4v) is 12.2. The number of allylic oxidation sites excluding steroid dienone is 4. The molecule has 8 nitrogen and oxygen atoms in total. The predicted octanol–water partition coefficient (Wildman–Crippen LogP) is 14.1. The molecule has 1 saturated heterocycles. The molecule has 1 amide bonds. The summed E-state index contributed by atoms with van der Waals surface area (Å²) in [7, 11) is 4.03. The van der Waals surface area contributed by atoms with E-state index in [1.54, 1.807) is 6.08 Å². The van der Waals surface area contributed by atoms with E-state index in [9.17, 15) is 9.59 Å². The quantitative estimate of drug-likeness (QED) is 0.0355. The molecule has 5 aliphatic rings. The zero-order valence-electron chi connectivity index (χ0n) is 47.8. The molecule has 1 aromatic heterocycles. The van der Waals surface area contributed by atoms with Crippen molar-refractivity contribution < 1.29 is 19.1 Å². The lowest BCUT2D eigenvalue weighted by molar-refractivity contribution is -0.127. The summed E-state index contributed by atoms with van der Waals surface area (Å²) in [6.45, 7) is 10.3. The summed E-state index contributed by atoms with van der Waals surface area (Å²) in [5, 5.41) is 2.33. The third-order valence-corrected chi connectivity index (χ3v) is 16.5. The molecule has 4 atom stereocenters.